The van der Waals surface area contributed by atoms with Crippen LogP contribution in [0.2, 0.25) is 0 Å². The first-order chi connectivity index (χ1) is 10.9. The van der Waals surface area contributed by atoms with Gasteiger partial charge in [0.1, 0.15) is 0 Å². The van der Waals surface area contributed by atoms with Crippen molar-refractivity contribution < 1.29 is 40.3 Å². The number of ether oxygens (including phenoxy) is 1. The van der Waals surface area contributed by atoms with Crippen LogP contribution in [0.5, 0.6) is 0 Å². The molecule has 0 atom stereocenters. The molecule has 1 aromatic carbocycles. The summed E-state index contributed by atoms with van der Waals surface area (Å²) in [5.41, 5.74) is -5.29. The number of carbonyl (C=O) groups excluding carboxylic acids is 1. The summed E-state index contributed by atoms with van der Waals surface area (Å²) in [6, 6.07) is 7.57. The normalized spacial score (nSPS) is 13.8. The summed E-state index contributed by atoms with van der Waals surface area (Å²) < 4.78 is 92.0. The first-order valence-electron chi connectivity index (χ1n) is 6.30. The van der Waals surface area contributed by atoms with Gasteiger partial charge in [0, 0.05) is 6.42 Å². The maximum atomic E-state index is 13.5. The lowest BCUT2D eigenvalue weighted by Gasteiger charge is -2.27. The van der Waals surface area contributed by atoms with E-state index in [-0.39, 0.29) is 5.56 Å². The molecule has 0 bridgehead atoms. The van der Waals surface area contributed by atoms with Crippen molar-refractivity contribution >= 4 is 28.6 Å². The second-order valence-corrected chi connectivity index (χ2v) is 5.94. The van der Waals surface area contributed by atoms with Gasteiger partial charge in [0.05, 0.1) is 12.2 Å². The van der Waals surface area contributed by atoms with Crippen molar-refractivity contribution in [1.82, 2.24) is 0 Å². The highest BCUT2D eigenvalue weighted by molar-refractivity contribution is 14.1. The van der Waals surface area contributed by atoms with Gasteiger partial charge in [0.25, 0.3) is 0 Å². The van der Waals surface area contributed by atoms with Crippen LogP contribution in [0.3, 0.4) is 0 Å². The average molecular weight is 470 g/mol. The Labute approximate surface area is 145 Å². The smallest absolute Gasteiger partial charge is 0.435 e. The van der Waals surface area contributed by atoms with E-state index in [1.165, 1.54) is 12.1 Å². The summed E-state index contributed by atoms with van der Waals surface area (Å²) in [5, 5.41) is 0. The highest BCUT2D eigenvalue weighted by atomic mass is 127. The third-order valence-electron chi connectivity index (χ3n) is 2.76. The van der Waals surface area contributed by atoms with Crippen LogP contribution in [0.1, 0.15) is 16.8 Å². The zero-order valence-corrected chi connectivity index (χ0v) is 13.9. The zero-order valence-electron chi connectivity index (χ0n) is 11.7. The summed E-state index contributed by atoms with van der Waals surface area (Å²) in [6.07, 6.45) is -13.3. The summed E-state index contributed by atoms with van der Waals surface area (Å²) in [5.74, 6) is -0.794. The van der Waals surface area contributed by atoms with Crippen LogP contribution in [-0.4, -0.2) is 30.6 Å². The number of benzene rings is 1. The van der Waals surface area contributed by atoms with Crippen molar-refractivity contribution in [3.8, 4) is 0 Å². The first-order valence-corrected chi connectivity index (χ1v) is 7.38. The third-order valence-corrected chi connectivity index (χ3v) is 3.61. The number of halogens is 8. The fourth-order valence-electron chi connectivity index (χ4n) is 1.51. The quantitative estimate of drug-likeness (QED) is 0.328. The van der Waals surface area contributed by atoms with Gasteiger partial charge in [-0.05, 0) is 44.4 Å². The molecule has 0 radical (unpaired) electrons. The average Bonchev–Trinajstić information content (AvgIpc) is 2.45. The van der Waals surface area contributed by atoms with Crippen molar-refractivity contribution in [3.05, 3.63) is 45.6 Å². The predicted molar refractivity (Wildman–Crippen MR) is 79.4 cm³/mol. The molecule has 24 heavy (non-hydrogen) atoms. The Morgan fingerprint density at radius 2 is 1.50 bits per heavy atom. The van der Waals surface area contributed by atoms with Gasteiger partial charge in [-0.1, -0.05) is 18.2 Å². The number of carbonyl (C=O) groups is 1. The van der Waals surface area contributed by atoms with Crippen molar-refractivity contribution in [2.45, 2.75) is 24.4 Å². The minimum Gasteiger partial charge on any atom is -0.462 e. The molecule has 0 amide bonds. The maximum absolute atomic E-state index is 13.5. The Bertz CT molecular complexity index is 579. The number of hydrogen-bond donors (Lipinski definition) is 0. The monoisotopic (exact) mass is 470 g/mol. The molecular formula is C14H10F7IO2. The van der Waals surface area contributed by atoms with Crippen LogP contribution in [-0.2, 0) is 4.74 Å². The van der Waals surface area contributed by atoms with E-state index in [2.05, 4.69) is 0 Å². The topological polar surface area (TPSA) is 26.3 Å². The molecule has 10 heteroatoms. The van der Waals surface area contributed by atoms with Gasteiger partial charge in [-0.15, -0.1) is 0 Å². The molecule has 0 saturated heterocycles. The highest BCUT2D eigenvalue weighted by Gasteiger charge is 2.71. The van der Waals surface area contributed by atoms with E-state index >= 15 is 0 Å². The minimum absolute atomic E-state index is 0.168. The largest absolute Gasteiger partial charge is 0.462 e. The maximum Gasteiger partial charge on any atom is 0.435 e. The fourth-order valence-corrected chi connectivity index (χ4v) is 2.16. The van der Waals surface area contributed by atoms with Gasteiger partial charge in [-0.25, -0.2) is 9.18 Å². The Balaban J connectivity index is 2.74. The molecule has 0 saturated carbocycles. The lowest BCUT2D eigenvalue weighted by atomic mass is 10.0. The van der Waals surface area contributed by atoms with E-state index in [9.17, 15) is 35.5 Å². The summed E-state index contributed by atoms with van der Waals surface area (Å²) in [4.78, 5) is 11.6. The lowest BCUT2D eigenvalue weighted by Crippen LogP contribution is -2.51. The Morgan fingerprint density at radius 1 is 1.00 bits per heavy atom. The molecule has 0 unspecified atom stereocenters. The number of hydrogen-bond acceptors (Lipinski definition) is 2. The summed E-state index contributed by atoms with van der Waals surface area (Å²) in [7, 11) is 0. The van der Waals surface area contributed by atoms with E-state index in [1.54, 1.807) is 18.2 Å². The predicted octanol–water partition coefficient (Wildman–Crippen LogP) is 5.39. The highest BCUT2D eigenvalue weighted by Crippen LogP contribution is 2.48. The van der Waals surface area contributed by atoms with Crippen LogP contribution < -0.4 is 0 Å². The van der Waals surface area contributed by atoms with E-state index in [0.29, 0.717) is 0 Å². The molecule has 0 spiro atoms. The molecule has 1 rings (SSSR count). The van der Waals surface area contributed by atoms with E-state index in [1.807, 2.05) is 0 Å². The summed E-state index contributed by atoms with van der Waals surface area (Å²) in [6.45, 7) is -0.492. The Kier molecular flexibility index (Phi) is 6.65. The molecular weight excluding hydrogens is 460 g/mol. The lowest BCUT2D eigenvalue weighted by molar-refractivity contribution is -0.322. The number of rotatable bonds is 5. The molecule has 0 N–H and O–H groups in total. The Morgan fingerprint density at radius 3 is 1.96 bits per heavy atom. The van der Waals surface area contributed by atoms with Gasteiger partial charge < -0.3 is 4.74 Å². The van der Waals surface area contributed by atoms with Crippen LogP contribution in [0, 0.1) is 0 Å². The van der Waals surface area contributed by atoms with Crippen molar-refractivity contribution in [3.63, 3.8) is 0 Å². The molecule has 0 aromatic heterocycles. The van der Waals surface area contributed by atoms with Crippen molar-refractivity contribution in [1.29, 1.82) is 0 Å². The molecule has 0 aliphatic heterocycles. The molecule has 0 aliphatic carbocycles. The SMILES string of the molecule is O=C(OCC/C(I)=C/C(F)(C(F)(F)F)C(F)(F)F)c1ccccc1. The van der Waals surface area contributed by atoms with Gasteiger partial charge in [-0.3, -0.25) is 0 Å². The van der Waals surface area contributed by atoms with Crippen LogP contribution in [0.4, 0.5) is 30.7 Å². The van der Waals surface area contributed by atoms with Gasteiger partial charge in [-0.2, -0.15) is 26.3 Å². The zero-order chi connectivity index (χ0) is 18.6. The van der Waals surface area contributed by atoms with Crippen molar-refractivity contribution in [2.75, 3.05) is 6.61 Å². The number of allylic oxidation sites excluding steroid dienone is 1. The van der Waals surface area contributed by atoms with E-state index < -0.39 is 46.7 Å². The standard InChI is InChI=1S/C14H10F7IO2/c15-12(13(16,17)18,14(19,20)21)8-10(22)6-7-24-11(23)9-4-2-1-3-5-9/h1-5,8H,6-7H2/b10-8-. The van der Waals surface area contributed by atoms with Crippen LogP contribution in [0.25, 0.3) is 0 Å². The molecule has 0 aliphatic rings. The molecule has 2 nitrogen and oxygen atoms in total. The molecule has 134 valence electrons. The van der Waals surface area contributed by atoms with Gasteiger partial charge in [0.2, 0.25) is 0 Å². The minimum atomic E-state index is -6.15. The van der Waals surface area contributed by atoms with E-state index in [4.69, 9.17) is 4.74 Å². The molecule has 0 heterocycles. The number of alkyl halides is 7. The van der Waals surface area contributed by atoms with Crippen LogP contribution >= 0.6 is 22.6 Å². The third kappa shape index (κ3) is 5.08. The second-order valence-electron chi connectivity index (χ2n) is 4.55. The Hall–Kier alpha value is -1.33. The molecule has 0 fully saturated rings. The van der Waals surface area contributed by atoms with Gasteiger partial charge >= 0.3 is 24.0 Å². The fraction of sp³-hybridized carbons (Fsp3) is 0.357. The first kappa shape index (κ1) is 20.7. The molecule has 1 aromatic rings. The second kappa shape index (κ2) is 7.70. The van der Waals surface area contributed by atoms with E-state index in [0.717, 1.165) is 22.6 Å². The van der Waals surface area contributed by atoms with Crippen molar-refractivity contribution in [2.24, 2.45) is 0 Å². The number of esters is 1. The van der Waals surface area contributed by atoms with Crippen LogP contribution in [0.15, 0.2) is 40.0 Å². The summed E-state index contributed by atoms with van der Waals surface area (Å²) >= 11 is 1.14. The van der Waals surface area contributed by atoms with Gasteiger partial charge in [0.15, 0.2) is 0 Å².